The van der Waals surface area contributed by atoms with Crippen LogP contribution in [0.25, 0.3) is 11.0 Å². The van der Waals surface area contributed by atoms with Crippen LogP contribution in [0.5, 0.6) is 0 Å². The highest BCUT2D eigenvalue weighted by Crippen LogP contribution is 2.28. The van der Waals surface area contributed by atoms with Crippen LogP contribution in [0.1, 0.15) is 12.8 Å². The Morgan fingerprint density at radius 3 is 3.00 bits per heavy atom. The fourth-order valence-corrected chi connectivity index (χ4v) is 2.77. The highest BCUT2D eigenvalue weighted by Gasteiger charge is 2.21. The van der Waals surface area contributed by atoms with E-state index in [0.717, 1.165) is 42.3 Å². The zero-order chi connectivity index (χ0) is 12.4. The highest BCUT2D eigenvalue weighted by atomic mass is 16.3. The van der Waals surface area contributed by atoms with Crippen LogP contribution in [-0.4, -0.2) is 31.7 Å². The number of aromatic nitrogens is 1. The Morgan fingerprint density at radius 2 is 2.22 bits per heavy atom. The number of pyridine rings is 1. The van der Waals surface area contributed by atoms with E-state index in [1.807, 2.05) is 25.4 Å². The first-order valence-electron chi connectivity index (χ1n) is 6.60. The molecule has 3 rings (SSSR count). The summed E-state index contributed by atoms with van der Waals surface area (Å²) in [6, 6.07) is 3.93. The molecule has 18 heavy (non-hydrogen) atoms. The van der Waals surface area contributed by atoms with E-state index in [1.165, 1.54) is 12.8 Å². The molecule has 0 aliphatic carbocycles. The third-order valence-electron chi connectivity index (χ3n) is 3.77. The number of anilines is 1. The molecule has 1 N–H and O–H groups in total. The fourth-order valence-electron chi connectivity index (χ4n) is 2.77. The van der Waals surface area contributed by atoms with E-state index in [1.54, 1.807) is 6.26 Å². The van der Waals surface area contributed by atoms with Crippen molar-refractivity contribution >= 4 is 16.8 Å². The molecule has 0 amide bonds. The molecule has 0 unspecified atom stereocenters. The van der Waals surface area contributed by atoms with Gasteiger partial charge in [-0.3, -0.25) is 0 Å². The smallest absolute Gasteiger partial charge is 0.139 e. The fraction of sp³-hybridized carbons (Fsp3) is 0.500. The topological polar surface area (TPSA) is 41.3 Å². The molecule has 2 aromatic heterocycles. The lowest BCUT2D eigenvalue weighted by Gasteiger charge is -2.32. The monoisotopic (exact) mass is 245 g/mol. The molecule has 4 nitrogen and oxygen atoms in total. The number of hydrogen-bond donors (Lipinski definition) is 1. The van der Waals surface area contributed by atoms with E-state index in [2.05, 4.69) is 15.2 Å². The van der Waals surface area contributed by atoms with Gasteiger partial charge >= 0.3 is 0 Å². The van der Waals surface area contributed by atoms with Gasteiger partial charge in [-0.1, -0.05) is 0 Å². The first-order chi connectivity index (χ1) is 8.88. The first-order valence-corrected chi connectivity index (χ1v) is 6.60. The van der Waals surface area contributed by atoms with Gasteiger partial charge in [0.15, 0.2) is 0 Å². The van der Waals surface area contributed by atoms with Crippen LogP contribution in [0.2, 0.25) is 0 Å². The minimum absolute atomic E-state index is 0.801. The van der Waals surface area contributed by atoms with Crippen LogP contribution in [0, 0.1) is 5.92 Å². The van der Waals surface area contributed by atoms with E-state index in [4.69, 9.17) is 4.42 Å². The third-order valence-corrected chi connectivity index (χ3v) is 3.77. The van der Waals surface area contributed by atoms with Crippen LogP contribution in [0.4, 0.5) is 5.82 Å². The van der Waals surface area contributed by atoms with Gasteiger partial charge in [0.2, 0.25) is 0 Å². The molecule has 0 radical (unpaired) electrons. The van der Waals surface area contributed by atoms with Gasteiger partial charge in [-0.25, -0.2) is 4.98 Å². The second-order valence-electron chi connectivity index (χ2n) is 4.96. The lowest BCUT2D eigenvalue weighted by molar-refractivity contribution is 0.393. The molecule has 1 saturated heterocycles. The Balaban J connectivity index is 1.78. The van der Waals surface area contributed by atoms with Gasteiger partial charge in [0, 0.05) is 19.3 Å². The van der Waals surface area contributed by atoms with Gasteiger partial charge in [-0.15, -0.1) is 0 Å². The van der Waals surface area contributed by atoms with E-state index < -0.39 is 0 Å². The van der Waals surface area contributed by atoms with Gasteiger partial charge in [-0.2, -0.15) is 0 Å². The normalized spacial score (nSPS) is 17.5. The molecule has 1 aliphatic heterocycles. The molecule has 0 spiro atoms. The molecule has 0 saturated carbocycles. The number of nitrogens with one attached hydrogen (secondary N) is 1. The van der Waals surface area contributed by atoms with Crippen molar-refractivity contribution in [1.82, 2.24) is 10.3 Å². The highest BCUT2D eigenvalue weighted by molar-refractivity contribution is 5.88. The number of nitrogens with zero attached hydrogens (tertiary/aromatic N) is 2. The third kappa shape index (κ3) is 2.08. The summed E-state index contributed by atoms with van der Waals surface area (Å²) in [7, 11) is 2.03. The Hall–Kier alpha value is -1.55. The molecular formula is C14H19N3O. The molecule has 96 valence electrons. The maximum atomic E-state index is 5.43. The number of furan rings is 1. The van der Waals surface area contributed by atoms with Gasteiger partial charge < -0.3 is 14.6 Å². The van der Waals surface area contributed by atoms with Gasteiger partial charge in [0.25, 0.3) is 0 Å². The Labute approximate surface area is 107 Å². The van der Waals surface area contributed by atoms with Crippen LogP contribution >= 0.6 is 0 Å². The molecule has 0 aromatic carbocycles. The van der Waals surface area contributed by atoms with Crippen molar-refractivity contribution in [2.75, 3.05) is 31.6 Å². The largest absolute Gasteiger partial charge is 0.464 e. The predicted molar refractivity (Wildman–Crippen MR) is 72.9 cm³/mol. The van der Waals surface area contributed by atoms with Crippen molar-refractivity contribution in [2.24, 2.45) is 5.92 Å². The van der Waals surface area contributed by atoms with E-state index in [0.29, 0.717) is 0 Å². The Morgan fingerprint density at radius 1 is 1.39 bits per heavy atom. The maximum absolute atomic E-state index is 5.43. The van der Waals surface area contributed by atoms with Crippen molar-refractivity contribution in [1.29, 1.82) is 0 Å². The molecular weight excluding hydrogens is 226 g/mol. The number of fused-ring (bicyclic) bond motifs is 1. The maximum Gasteiger partial charge on any atom is 0.139 e. The quantitative estimate of drug-likeness (QED) is 0.900. The molecule has 3 heterocycles. The van der Waals surface area contributed by atoms with Crippen LogP contribution in [-0.2, 0) is 0 Å². The van der Waals surface area contributed by atoms with Crippen molar-refractivity contribution < 1.29 is 4.42 Å². The average molecular weight is 245 g/mol. The zero-order valence-corrected chi connectivity index (χ0v) is 10.7. The van der Waals surface area contributed by atoms with Crippen molar-refractivity contribution in [3.05, 3.63) is 24.6 Å². The molecule has 4 heteroatoms. The van der Waals surface area contributed by atoms with Gasteiger partial charge in [0.05, 0.1) is 11.6 Å². The van der Waals surface area contributed by atoms with E-state index in [9.17, 15) is 0 Å². The van der Waals surface area contributed by atoms with E-state index in [-0.39, 0.29) is 0 Å². The minimum Gasteiger partial charge on any atom is -0.464 e. The summed E-state index contributed by atoms with van der Waals surface area (Å²) in [5.74, 6) is 1.87. The average Bonchev–Trinajstić information content (AvgIpc) is 2.88. The minimum atomic E-state index is 0.801. The summed E-state index contributed by atoms with van der Waals surface area (Å²) in [5.41, 5.74) is 0.928. The number of hydrogen-bond acceptors (Lipinski definition) is 4. The molecule has 0 bridgehead atoms. The van der Waals surface area contributed by atoms with Crippen molar-refractivity contribution in [3.63, 3.8) is 0 Å². The second kappa shape index (κ2) is 4.98. The van der Waals surface area contributed by atoms with E-state index >= 15 is 0 Å². The zero-order valence-electron chi connectivity index (χ0n) is 10.7. The SMILES string of the molecule is CNCC1CCN(c2nccc3occc23)CC1. The summed E-state index contributed by atoms with van der Waals surface area (Å²) in [6.45, 7) is 3.30. The summed E-state index contributed by atoms with van der Waals surface area (Å²) < 4.78 is 5.43. The molecule has 2 aromatic rings. The number of piperidine rings is 1. The predicted octanol–water partition coefficient (Wildman–Crippen LogP) is 2.26. The Kier molecular flexibility index (Phi) is 3.19. The number of rotatable bonds is 3. The molecule has 1 fully saturated rings. The van der Waals surface area contributed by atoms with Crippen LogP contribution in [0.15, 0.2) is 29.0 Å². The summed E-state index contributed by atoms with van der Waals surface area (Å²) >= 11 is 0. The van der Waals surface area contributed by atoms with Gasteiger partial charge in [-0.05, 0) is 44.5 Å². The Bertz CT molecular complexity index is 514. The first kappa shape index (κ1) is 11.5. The van der Waals surface area contributed by atoms with Crippen molar-refractivity contribution in [3.8, 4) is 0 Å². The van der Waals surface area contributed by atoms with Crippen molar-refractivity contribution in [2.45, 2.75) is 12.8 Å². The van der Waals surface area contributed by atoms with Crippen LogP contribution < -0.4 is 10.2 Å². The van der Waals surface area contributed by atoms with Gasteiger partial charge in [0.1, 0.15) is 11.4 Å². The lowest BCUT2D eigenvalue weighted by Crippen LogP contribution is -2.37. The van der Waals surface area contributed by atoms with Crippen LogP contribution in [0.3, 0.4) is 0 Å². The standard InChI is InChI=1S/C14H19N3O/c1-15-10-11-3-7-17(8-4-11)14-12-5-9-18-13(12)2-6-16-14/h2,5-6,9,11,15H,3-4,7-8,10H2,1H3. The molecule has 1 aliphatic rings. The summed E-state index contributed by atoms with van der Waals surface area (Å²) in [5, 5.41) is 4.40. The molecule has 0 atom stereocenters. The summed E-state index contributed by atoms with van der Waals surface area (Å²) in [4.78, 5) is 6.90. The second-order valence-corrected chi connectivity index (χ2v) is 4.96. The lowest BCUT2D eigenvalue weighted by atomic mass is 9.97. The summed E-state index contributed by atoms with van der Waals surface area (Å²) in [6.07, 6.45) is 6.04.